The Hall–Kier alpha value is -0.620. The normalized spacial score (nSPS) is 37.5. The van der Waals surface area contributed by atoms with Crippen molar-refractivity contribution in [3.63, 3.8) is 0 Å². The van der Waals surface area contributed by atoms with Gasteiger partial charge in [0.05, 0.1) is 18.1 Å². The zero-order chi connectivity index (χ0) is 11.1. The minimum Gasteiger partial charge on any atom is -0.469 e. The Morgan fingerprint density at radius 3 is 2.87 bits per heavy atom. The molecule has 6 heteroatoms. The fourth-order valence-electron chi connectivity index (χ4n) is 2.59. The molecule has 2 saturated heterocycles. The van der Waals surface area contributed by atoms with Crippen LogP contribution in [0, 0.1) is 11.8 Å². The molecule has 0 amide bonds. The average molecular weight is 233 g/mol. The standard InChI is InChI=1S/C9H15NO4S/c1-14-9(11)2-6-5-15(12,13)8-4-10-3-7(6)8/h6-8,10H,2-5H2,1H3/t6-,7+,8+/m1/s1. The third-order valence-electron chi connectivity index (χ3n) is 3.37. The largest absolute Gasteiger partial charge is 0.469 e. The summed E-state index contributed by atoms with van der Waals surface area (Å²) in [6, 6.07) is 0. The minimum absolute atomic E-state index is 0.0672. The predicted molar refractivity (Wildman–Crippen MR) is 54.1 cm³/mol. The first-order chi connectivity index (χ1) is 7.04. The van der Waals surface area contributed by atoms with Crippen LogP contribution in [0.3, 0.4) is 0 Å². The maximum atomic E-state index is 11.7. The summed E-state index contributed by atoms with van der Waals surface area (Å²) in [4.78, 5) is 11.1. The Balaban J connectivity index is 2.12. The van der Waals surface area contributed by atoms with Crippen LogP contribution in [-0.2, 0) is 19.4 Å². The van der Waals surface area contributed by atoms with E-state index >= 15 is 0 Å². The predicted octanol–water partition coefficient (Wildman–Crippen LogP) is -0.818. The topological polar surface area (TPSA) is 72.5 Å². The molecule has 86 valence electrons. The van der Waals surface area contributed by atoms with Crippen LogP contribution in [0.2, 0.25) is 0 Å². The molecule has 3 atom stereocenters. The minimum atomic E-state index is -3.00. The Morgan fingerprint density at radius 1 is 1.47 bits per heavy atom. The van der Waals surface area contributed by atoms with Crippen LogP contribution in [-0.4, -0.2) is 45.6 Å². The number of nitrogens with one attached hydrogen (secondary N) is 1. The molecule has 15 heavy (non-hydrogen) atoms. The summed E-state index contributed by atoms with van der Waals surface area (Å²) in [5.74, 6) is -0.154. The smallest absolute Gasteiger partial charge is 0.305 e. The van der Waals surface area contributed by atoms with E-state index in [-0.39, 0.29) is 35.2 Å². The van der Waals surface area contributed by atoms with E-state index in [0.717, 1.165) is 0 Å². The van der Waals surface area contributed by atoms with Gasteiger partial charge in [0.1, 0.15) is 0 Å². The fraction of sp³-hybridized carbons (Fsp3) is 0.889. The maximum absolute atomic E-state index is 11.7. The summed E-state index contributed by atoms with van der Waals surface area (Å²) in [7, 11) is -1.67. The van der Waals surface area contributed by atoms with Crippen molar-refractivity contribution in [1.29, 1.82) is 0 Å². The van der Waals surface area contributed by atoms with Crippen LogP contribution in [0.25, 0.3) is 0 Å². The van der Waals surface area contributed by atoms with Gasteiger partial charge < -0.3 is 10.1 Å². The summed E-state index contributed by atoms with van der Waals surface area (Å²) < 4.78 is 28.0. The molecular weight excluding hydrogens is 218 g/mol. The molecule has 0 aromatic carbocycles. The van der Waals surface area contributed by atoms with Crippen molar-refractivity contribution in [3.8, 4) is 0 Å². The number of hydrogen-bond acceptors (Lipinski definition) is 5. The van der Waals surface area contributed by atoms with Gasteiger partial charge in [0.2, 0.25) is 0 Å². The molecule has 0 aliphatic carbocycles. The van der Waals surface area contributed by atoms with Gasteiger partial charge in [0.15, 0.2) is 9.84 Å². The number of carbonyl (C=O) groups is 1. The van der Waals surface area contributed by atoms with Gasteiger partial charge in [-0.3, -0.25) is 4.79 Å². The summed E-state index contributed by atoms with van der Waals surface area (Å²) in [6.07, 6.45) is 0.221. The quantitative estimate of drug-likeness (QED) is 0.631. The third-order valence-corrected chi connectivity index (χ3v) is 5.70. The van der Waals surface area contributed by atoms with Gasteiger partial charge >= 0.3 is 5.97 Å². The number of fused-ring (bicyclic) bond motifs is 1. The van der Waals surface area contributed by atoms with Gasteiger partial charge in [-0.2, -0.15) is 0 Å². The van der Waals surface area contributed by atoms with Crippen molar-refractivity contribution in [2.24, 2.45) is 11.8 Å². The molecule has 0 spiro atoms. The number of carbonyl (C=O) groups excluding carboxylic acids is 1. The van der Waals surface area contributed by atoms with E-state index in [1.165, 1.54) is 7.11 Å². The Kier molecular flexibility index (Phi) is 2.72. The van der Waals surface area contributed by atoms with Crippen molar-refractivity contribution in [2.75, 3.05) is 26.0 Å². The van der Waals surface area contributed by atoms with Crippen LogP contribution >= 0.6 is 0 Å². The van der Waals surface area contributed by atoms with Gasteiger partial charge in [-0.25, -0.2) is 8.42 Å². The maximum Gasteiger partial charge on any atom is 0.305 e. The Labute approximate surface area is 89.1 Å². The molecule has 2 aliphatic rings. The lowest BCUT2D eigenvalue weighted by molar-refractivity contribution is -0.141. The number of esters is 1. The Morgan fingerprint density at radius 2 is 2.20 bits per heavy atom. The Bertz CT molecular complexity index is 364. The number of sulfone groups is 1. The molecule has 5 nitrogen and oxygen atoms in total. The highest BCUT2D eigenvalue weighted by Crippen LogP contribution is 2.36. The second-order valence-electron chi connectivity index (χ2n) is 4.23. The lowest BCUT2D eigenvalue weighted by Crippen LogP contribution is -2.22. The number of methoxy groups -OCH3 is 1. The van der Waals surface area contributed by atoms with Crippen LogP contribution < -0.4 is 5.32 Å². The summed E-state index contributed by atoms with van der Waals surface area (Å²) >= 11 is 0. The first-order valence-electron chi connectivity index (χ1n) is 5.03. The molecule has 2 aliphatic heterocycles. The second-order valence-corrected chi connectivity index (χ2v) is 6.49. The molecule has 2 heterocycles. The van der Waals surface area contributed by atoms with Crippen LogP contribution in [0.4, 0.5) is 0 Å². The van der Waals surface area contributed by atoms with Gasteiger partial charge in [0, 0.05) is 13.0 Å². The summed E-state index contributed by atoms with van der Waals surface area (Å²) in [6.45, 7) is 1.23. The third kappa shape index (κ3) is 1.88. The molecule has 0 saturated carbocycles. The van der Waals surface area contributed by atoms with Crippen molar-refractivity contribution in [2.45, 2.75) is 11.7 Å². The number of rotatable bonds is 2. The molecule has 0 radical (unpaired) electrons. The summed E-state index contributed by atoms with van der Waals surface area (Å²) in [5, 5.41) is 2.78. The van der Waals surface area contributed by atoms with E-state index in [9.17, 15) is 13.2 Å². The first kappa shape index (κ1) is 10.9. The van der Waals surface area contributed by atoms with Crippen molar-refractivity contribution >= 4 is 15.8 Å². The van der Waals surface area contributed by atoms with Crippen molar-refractivity contribution in [3.05, 3.63) is 0 Å². The first-order valence-corrected chi connectivity index (χ1v) is 6.75. The molecule has 1 N–H and O–H groups in total. The lowest BCUT2D eigenvalue weighted by Gasteiger charge is -2.13. The number of ether oxygens (including phenoxy) is 1. The fourth-order valence-corrected chi connectivity index (χ4v) is 5.02. The highest BCUT2D eigenvalue weighted by atomic mass is 32.2. The van der Waals surface area contributed by atoms with Gasteiger partial charge in [0.25, 0.3) is 0 Å². The average Bonchev–Trinajstić information content (AvgIpc) is 2.71. The van der Waals surface area contributed by atoms with Gasteiger partial charge in [-0.1, -0.05) is 0 Å². The van der Waals surface area contributed by atoms with E-state index in [1.807, 2.05) is 0 Å². The van der Waals surface area contributed by atoms with Crippen molar-refractivity contribution < 1.29 is 17.9 Å². The van der Waals surface area contributed by atoms with Crippen LogP contribution in [0.15, 0.2) is 0 Å². The van der Waals surface area contributed by atoms with Crippen LogP contribution in [0.5, 0.6) is 0 Å². The monoisotopic (exact) mass is 233 g/mol. The lowest BCUT2D eigenvalue weighted by atomic mass is 9.91. The highest BCUT2D eigenvalue weighted by Gasteiger charge is 2.49. The van der Waals surface area contributed by atoms with E-state index in [0.29, 0.717) is 13.1 Å². The van der Waals surface area contributed by atoms with Crippen molar-refractivity contribution in [1.82, 2.24) is 5.32 Å². The molecule has 0 unspecified atom stereocenters. The van der Waals surface area contributed by atoms with E-state index < -0.39 is 9.84 Å². The molecule has 2 rings (SSSR count). The zero-order valence-corrected chi connectivity index (χ0v) is 9.42. The zero-order valence-electron chi connectivity index (χ0n) is 8.60. The SMILES string of the molecule is COC(=O)C[C@@H]1CS(=O)(=O)[C@H]2CNC[C@@H]12. The van der Waals surface area contributed by atoms with Gasteiger partial charge in [-0.05, 0) is 18.4 Å². The van der Waals surface area contributed by atoms with E-state index in [1.54, 1.807) is 0 Å². The second kappa shape index (κ2) is 3.75. The van der Waals surface area contributed by atoms with E-state index in [2.05, 4.69) is 10.1 Å². The molecule has 0 aromatic rings. The highest BCUT2D eigenvalue weighted by molar-refractivity contribution is 7.92. The van der Waals surface area contributed by atoms with Gasteiger partial charge in [-0.15, -0.1) is 0 Å². The van der Waals surface area contributed by atoms with E-state index in [4.69, 9.17) is 0 Å². The molecular formula is C9H15NO4S. The molecule has 0 bridgehead atoms. The molecule has 0 aromatic heterocycles. The van der Waals surface area contributed by atoms with Crippen LogP contribution in [0.1, 0.15) is 6.42 Å². The summed E-state index contributed by atoms with van der Waals surface area (Å²) in [5.41, 5.74) is 0. The number of hydrogen-bond donors (Lipinski definition) is 1. The molecule has 2 fully saturated rings.